The van der Waals surface area contributed by atoms with E-state index in [-0.39, 0.29) is 6.10 Å². The summed E-state index contributed by atoms with van der Waals surface area (Å²) in [6.07, 6.45) is 6.24. The van der Waals surface area contributed by atoms with Gasteiger partial charge in [-0.15, -0.1) is 0 Å². The molecule has 0 radical (unpaired) electrons. The molecule has 3 heteroatoms. The van der Waals surface area contributed by atoms with Gasteiger partial charge in [-0.1, -0.05) is 0 Å². The number of aliphatic hydroxyl groups is 1. The molecule has 1 saturated heterocycles. The minimum absolute atomic E-state index is 0.147. The minimum Gasteiger partial charge on any atom is -0.393 e. The summed E-state index contributed by atoms with van der Waals surface area (Å²) in [7, 11) is 0. The fourth-order valence-electron chi connectivity index (χ4n) is 2.63. The Labute approximate surface area is 99.2 Å². The van der Waals surface area contributed by atoms with Crippen LogP contribution in [0.5, 0.6) is 0 Å². The number of aliphatic hydroxyl groups excluding tert-OH is 1. The summed E-state index contributed by atoms with van der Waals surface area (Å²) in [5.41, 5.74) is 0. The number of piperidine rings is 1. The maximum Gasteiger partial charge on any atom is 0.0524 e. The lowest BCUT2D eigenvalue weighted by molar-refractivity contribution is 0.139. The van der Waals surface area contributed by atoms with Crippen molar-refractivity contribution in [3.8, 4) is 0 Å². The molecule has 0 spiro atoms. The second kappa shape index (κ2) is 5.99. The molecule has 1 heterocycles. The van der Waals surface area contributed by atoms with Crippen molar-refractivity contribution in [1.82, 2.24) is 10.2 Å². The standard InChI is InChI=1S/C13H26N2O/c1-11(16)6-8-15(13-4-5-13)10-12-3-2-7-14-9-12/h11-14,16H,2-10H2,1H3. The molecule has 1 saturated carbocycles. The Balaban J connectivity index is 1.73. The maximum atomic E-state index is 9.37. The third-order valence-corrected chi connectivity index (χ3v) is 3.79. The van der Waals surface area contributed by atoms with Crippen LogP contribution in [0.2, 0.25) is 0 Å². The van der Waals surface area contributed by atoms with E-state index in [0.717, 1.165) is 24.9 Å². The van der Waals surface area contributed by atoms with E-state index < -0.39 is 0 Å². The van der Waals surface area contributed by atoms with Gasteiger partial charge in [-0.3, -0.25) is 4.90 Å². The fourth-order valence-corrected chi connectivity index (χ4v) is 2.63. The summed E-state index contributed by atoms with van der Waals surface area (Å²) in [6.45, 7) is 6.61. The van der Waals surface area contributed by atoms with Crippen molar-refractivity contribution in [2.45, 2.75) is 51.2 Å². The first kappa shape index (κ1) is 12.3. The van der Waals surface area contributed by atoms with Crippen LogP contribution in [0.1, 0.15) is 39.0 Å². The summed E-state index contributed by atoms with van der Waals surface area (Å²) >= 11 is 0. The molecule has 0 aromatic carbocycles. The molecule has 2 atom stereocenters. The highest BCUT2D eigenvalue weighted by molar-refractivity contribution is 4.86. The molecule has 1 aliphatic carbocycles. The summed E-state index contributed by atoms with van der Waals surface area (Å²) in [5, 5.41) is 12.9. The Bertz CT molecular complexity index is 198. The van der Waals surface area contributed by atoms with Crippen molar-refractivity contribution >= 4 is 0 Å². The molecular weight excluding hydrogens is 200 g/mol. The highest BCUT2D eigenvalue weighted by atomic mass is 16.3. The second-order valence-corrected chi connectivity index (χ2v) is 5.58. The van der Waals surface area contributed by atoms with Gasteiger partial charge >= 0.3 is 0 Å². The topological polar surface area (TPSA) is 35.5 Å². The maximum absolute atomic E-state index is 9.37. The average molecular weight is 226 g/mol. The zero-order valence-electron chi connectivity index (χ0n) is 10.5. The molecule has 2 rings (SSSR count). The van der Waals surface area contributed by atoms with Crippen molar-refractivity contribution in [1.29, 1.82) is 0 Å². The molecule has 94 valence electrons. The molecule has 1 aliphatic heterocycles. The first-order valence-electron chi connectivity index (χ1n) is 6.88. The Morgan fingerprint density at radius 3 is 2.75 bits per heavy atom. The van der Waals surface area contributed by atoms with Crippen molar-refractivity contribution < 1.29 is 5.11 Å². The van der Waals surface area contributed by atoms with Gasteiger partial charge in [-0.25, -0.2) is 0 Å². The lowest BCUT2D eigenvalue weighted by Gasteiger charge is -2.30. The van der Waals surface area contributed by atoms with Crippen molar-refractivity contribution in [3.63, 3.8) is 0 Å². The van der Waals surface area contributed by atoms with Crippen LogP contribution < -0.4 is 5.32 Å². The van der Waals surface area contributed by atoms with Crippen LogP contribution in [0.3, 0.4) is 0 Å². The predicted octanol–water partition coefficient (Wildman–Crippen LogP) is 1.22. The van der Waals surface area contributed by atoms with Gasteiger partial charge in [0.15, 0.2) is 0 Å². The molecule has 0 aromatic rings. The third-order valence-electron chi connectivity index (χ3n) is 3.79. The molecule has 2 unspecified atom stereocenters. The SMILES string of the molecule is CC(O)CCN(CC1CCCNC1)C1CC1. The zero-order chi connectivity index (χ0) is 11.4. The highest BCUT2D eigenvalue weighted by Crippen LogP contribution is 2.28. The summed E-state index contributed by atoms with van der Waals surface area (Å²) in [5.74, 6) is 0.836. The third kappa shape index (κ3) is 4.04. The lowest BCUT2D eigenvalue weighted by Crippen LogP contribution is -2.40. The highest BCUT2D eigenvalue weighted by Gasteiger charge is 2.30. The molecular formula is C13H26N2O. The van der Waals surface area contributed by atoms with E-state index in [0.29, 0.717) is 0 Å². The molecule has 2 N–H and O–H groups in total. The van der Waals surface area contributed by atoms with Crippen molar-refractivity contribution in [2.75, 3.05) is 26.2 Å². The van der Waals surface area contributed by atoms with Gasteiger partial charge in [0.2, 0.25) is 0 Å². The van der Waals surface area contributed by atoms with Crippen LogP contribution in [-0.2, 0) is 0 Å². The van der Waals surface area contributed by atoms with Crippen molar-refractivity contribution in [2.24, 2.45) is 5.92 Å². The molecule has 0 bridgehead atoms. The second-order valence-electron chi connectivity index (χ2n) is 5.58. The molecule has 0 amide bonds. The van der Waals surface area contributed by atoms with Gasteiger partial charge in [-0.2, -0.15) is 0 Å². The Kier molecular flexibility index (Phi) is 4.62. The number of nitrogens with zero attached hydrogens (tertiary/aromatic N) is 1. The smallest absolute Gasteiger partial charge is 0.0524 e. The minimum atomic E-state index is -0.147. The number of hydrogen-bond acceptors (Lipinski definition) is 3. The van der Waals surface area contributed by atoms with E-state index in [1.54, 1.807) is 0 Å². The van der Waals surface area contributed by atoms with E-state index in [1.165, 1.54) is 45.3 Å². The molecule has 0 aromatic heterocycles. The zero-order valence-corrected chi connectivity index (χ0v) is 10.5. The van der Waals surface area contributed by atoms with E-state index >= 15 is 0 Å². The number of hydrogen-bond donors (Lipinski definition) is 2. The predicted molar refractivity (Wildman–Crippen MR) is 66.5 cm³/mol. The van der Waals surface area contributed by atoms with Gasteiger partial charge in [-0.05, 0) is 58.0 Å². The van der Waals surface area contributed by atoms with Crippen LogP contribution in [-0.4, -0.2) is 48.3 Å². The molecule has 2 fully saturated rings. The number of nitrogens with one attached hydrogen (secondary N) is 1. The van der Waals surface area contributed by atoms with Crippen molar-refractivity contribution in [3.05, 3.63) is 0 Å². The van der Waals surface area contributed by atoms with Crippen LogP contribution in [0, 0.1) is 5.92 Å². The summed E-state index contributed by atoms with van der Waals surface area (Å²) < 4.78 is 0. The quantitative estimate of drug-likeness (QED) is 0.715. The molecule has 16 heavy (non-hydrogen) atoms. The number of rotatable bonds is 6. The Morgan fingerprint density at radius 1 is 1.38 bits per heavy atom. The molecule has 2 aliphatic rings. The van der Waals surface area contributed by atoms with Gasteiger partial charge in [0.25, 0.3) is 0 Å². The van der Waals surface area contributed by atoms with E-state index in [2.05, 4.69) is 10.2 Å². The first-order chi connectivity index (χ1) is 7.75. The first-order valence-corrected chi connectivity index (χ1v) is 6.88. The van der Waals surface area contributed by atoms with Crippen LogP contribution in [0.4, 0.5) is 0 Å². The van der Waals surface area contributed by atoms with Crippen LogP contribution in [0.15, 0.2) is 0 Å². The Morgan fingerprint density at radius 2 is 2.19 bits per heavy atom. The monoisotopic (exact) mass is 226 g/mol. The van der Waals surface area contributed by atoms with Crippen LogP contribution >= 0.6 is 0 Å². The lowest BCUT2D eigenvalue weighted by atomic mass is 9.99. The fraction of sp³-hybridized carbons (Fsp3) is 1.00. The van der Waals surface area contributed by atoms with E-state index in [1.807, 2.05) is 6.92 Å². The molecule has 3 nitrogen and oxygen atoms in total. The van der Waals surface area contributed by atoms with E-state index in [9.17, 15) is 5.11 Å². The van der Waals surface area contributed by atoms with Gasteiger partial charge in [0.1, 0.15) is 0 Å². The van der Waals surface area contributed by atoms with Gasteiger partial charge in [0, 0.05) is 19.1 Å². The van der Waals surface area contributed by atoms with Crippen LogP contribution in [0.25, 0.3) is 0 Å². The normalized spacial score (nSPS) is 28.3. The van der Waals surface area contributed by atoms with Gasteiger partial charge in [0.05, 0.1) is 6.10 Å². The van der Waals surface area contributed by atoms with E-state index in [4.69, 9.17) is 0 Å². The van der Waals surface area contributed by atoms with Gasteiger partial charge < -0.3 is 10.4 Å². The summed E-state index contributed by atoms with van der Waals surface area (Å²) in [6, 6.07) is 0.834. The Hall–Kier alpha value is -0.120. The largest absolute Gasteiger partial charge is 0.393 e. The average Bonchev–Trinajstić information content (AvgIpc) is 3.09. The summed E-state index contributed by atoms with van der Waals surface area (Å²) in [4.78, 5) is 2.62.